The molecule has 2 atom stereocenters. The number of carbonyl (C=O) groups excluding carboxylic acids is 1. The lowest BCUT2D eigenvalue weighted by molar-refractivity contribution is -0.142. The molecular formula is C8H13ClO3. The van der Waals surface area contributed by atoms with E-state index in [1.807, 2.05) is 0 Å². The van der Waals surface area contributed by atoms with Crippen molar-refractivity contribution in [2.45, 2.75) is 18.2 Å². The molecule has 70 valence electrons. The molecule has 1 saturated heterocycles. The summed E-state index contributed by atoms with van der Waals surface area (Å²) in [5.74, 6) is -0.236. The van der Waals surface area contributed by atoms with Gasteiger partial charge in [0.05, 0.1) is 13.7 Å². The highest BCUT2D eigenvalue weighted by molar-refractivity contribution is 6.30. The van der Waals surface area contributed by atoms with Crippen LogP contribution >= 0.6 is 11.6 Å². The minimum Gasteiger partial charge on any atom is -0.468 e. The molecule has 0 bridgehead atoms. The Morgan fingerprint density at radius 2 is 2.50 bits per heavy atom. The molecule has 0 aromatic heterocycles. The van der Waals surface area contributed by atoms with Crippen LogP contribution in [0.3, 0.4) is 0 Å². The molecule has 1 heterocycles. The third-order valence-corrected chi connectivity index (χ3v) is 2.57. The fourth-order valence-corrected chi connectivity index (χ4v) is 1.59. The molecule has 1 rings (SSSR count). The molecule has 3 nitrogen and oxygen atoms in total. The zero-order valence-electron chi connectivity index (χ0n) is 7.09. The summed E-state index contributed by atoms with van der Waals surface area (Å²) >= 11 is 5.86. The fourth-order valence-electron chi connectivity index (χ4n) is 1.30. The van der Waals surface area contributed by atoms with Crippen LogP contribution in [0, 0.1) is 5.92 Å². The average Bonchev–Trinajstić information content (AvgIpc) is 2.17. The second-order valence-electron chi connectivity index (χ2n) is 2.90. The smallest absolute Gasteiger partial charge is 0.324 e. The van der Waals surface area contributed by atoms with E-state index in [2.05, 4.69) is 4.74 Å². The minimum atomic E-state index is -0.546. The van der Waals surface area contributed by atoms with E-state index >= 15 is 0 Å². The molecule has 2 unspecified atom stereocenters. The van der Waals surface area contributed by atoms with Gasteiger partial charge in [-0.1, -0.05) is 0 Å². The lowest BCUT2D eigenvalue weighted by Gasteiger charge is -2.24. The number of ether oxygens (including phenoxy) is 2. The first-order valence-electron chi connectivity index (χ1n) is 4.05. The van der Waals surface area contributed by atoms with Gasteiger partial charge in [0.2, 0.25) is 0 Å². The van der Waals surface area contributed by atoms with Gasteiger partial charge in [-0.3, -0.25) is 4.79 Å². The Bertz CT molecular complexity index is 154. The summed E-state index contributed by atoms with van der Waals surface area (Å²) in [6.07, 6.45) is 1.92. The SMILES string of the molecule is COC(=O)C(Cl)C1CCCOC1. The van der Waals surface area contributed by atoms with E-state index in [0.717, 1.165) is 19.4 Å². The van der Waals surface area contributed by atoms with Gasteiger partial charge in [0, 0.05) is 12.5 Å². The number of methoxy groups -OCH3 is 1. The zero-order chi connectivity index (χ0) is 8.97. The number of esters is 1. The molecule has 1 aliphatic heterocycles. The molecule has 0 amide bonds. The quantitative estimate of drug-likeness (QED) is 0.487. The first-order chi connectivity index (χ1) is 5.75. The summed E-state index contributed by atoms with van der Waals surface area (Å²) in [5.41, 5.74) is 0. The Hall–Kier alpha value is -0.280. The minimum absolute atomic E-state index is 0.118. The van der Waals surface area contributed by atoms with Crippen LogP contribution in [0.25, 0.3) is 0 Å². The van der Waals surface area contributed by atoms with Gasteiger partial charge in [0.25, 0.3) is 0 Å². The van der Waals surface area contributed by atoms with Crippen LogP contribution in [-0.4, -0.2) is 31.7 Å². The van der Waals surface area contributed by atoms with Gasteiger partial charge in [-0.2, -0.15) is 0 Å². The first-order valence-corrected chi connectivity index (χ1v) is 4.49. The monoisotopic (exact) mass is 192 g/mol. The molecule has 4 heteroatoms. The van der Waals surface area contributed by atoms with Crippen LogP contribution in [-0.2, 0) is 14.3 Å². The molecule has 0 N–H and O–H groups in total. The molecular weight excluding hydrogens is 180 g/mol. The number of hydrogen-bond acceptors (Lipinski definition) is 3. The average molecular weight is 193 g/mol. The van der Waals surface area contributed by atoms with Crippen molar-refractivity contribution in [1.29, 1.82) is 0 Å². The van der Waals surface area contributed by atoms with Crippen LogP contribution in [0.4, 0.5) is 0 Å². The number of rotatable bonds is 2. The highest BCUT2D eigenvalue weighted by atomic mass is 35.5. The van der Waals surface area contributed by atoms with E-state index in [4.69, 9.17) is 16.3 Å². The Kier molecular flexibility index (Phi) is 3.82. The molecule has 0 aromatic rings. The maximum Gasteiger partial charge on any atom is 0.324 e. The molecule has 0 aromatic carbocycles. The summed E-state index contributed by atoms with van der Waals surface area (Å²) < 4.78 is 9.74. The van der Waals surface area contributed by atoms with Crippen molar-refractivity contribution in [3.63, 3.8) is 0 Å². The topological polar surface area (TPSA) is 35.5 Å². The summed E-state index contributed by atoms with van der Waals surface area (Å²) in [5, 5.41) is -0.546. The zero-order valence-corrected chi connectivity index (χ0v) is 7.84. The highest BCUT2D eigenvalue weighted by Crippen LogP contribution is 2.22. The summed E-state index contributed by atoms with van der Waals surface area (Å²) in [4.78, 5) is 11.0. The summed E-state index contributed by atoms with van der Waals surface area (Å²) in [7, 11) is 1.35. The largest absolute Gasteiger partial charge is 0.468 e. The van der Waals surface area contributed by atoms with Crippen LogP contribution in [0.15, 0.2) is 0 Å². The van der Waals surface area contributed by atoms with Crippen molar-refractivity contribution in [3.05, 3.63) is 0 Å². The van der Waals surface area contributed by atoms with Crippen LogP contribution in [0.2, 0.25) is 0 Å². The van der Waals surface area contributed by atoms with Gasteiger partial charge in [-0.05, 0) is 12.8 Å². The maximum absolute atomic E-state index is 11.0. The van der Waals surface area contributed by atoms with Gasteiger partial charge in [0.15, 0.2) is 0 Å². The number of hydrogen-bond donors (Lipinski definition) is 0. The van der Waals surface area contributed by atoms with E-state index in [0.29, 0.717) is 6.61 Å². The molecule has 0 aliphatic carbocycles. The first kappa shape index (κ1) is 9.81. The molecule has 12 heavy (non-hydrogen) atoms. The summed E-state index contributed by atoms with van der Waals surface area (Å²) in [6, 6.07) is 0. The van der Waals surface area contributed by atoms with Gasteiger partial charge in [0.1, 0.15) is 5.38 Å². The van der Waals surface area contributed by atoms with Crippen LogP contribution in [0.5, 0.6) is 0 Å². The van der Waals surface area contributed by atoms with Crippen LogP contribution in [0.1, 0.15) is 12.8 Å². The Balaban J connectivity index is 2.39. The molecule has 0 saturated carbocycles. The van der Waals surface area contributed by atoms with E-state index in [1.165, 1.54) is 7.11 Å². The van der Waals surface area contributed by atoms with E-state index in [-0.39, 0.29) is 11.9 Å². The second kappa shape index (κ2) is 4.67. The lowest BCUT2D eigenvalue weighted by atomic mass is 9.98. The van der Waals surface area contributed by atoms with Crippen molar-refractivity contribution >= 4 is 17.6 Å². The van der Waals surface area contributed by atoms with E-state index in [9.17, 15) is 4.79 Å². The Morgan fingerprint density at radius 1 is 1.75 bits per heavy atom. The van der Waals surface area contributed by atoms with Crippen molar-refractivity contribution in [1.82, 2.24) is 0 Å². The Labute approximate surface area is 77.0 Å². The van der Waals surface area contributed by atoms with Crippen molar-refractivity contribution in [3.8, 4) is 0 Å². The fraction of sp³-hybridized carbons (Fsp3) is 0.875. The second-order valence-corrected chi connectivity index (χ2v) is 3.37. The maximum atomic E-state index is 11.0. The van der Waals surface area contributed by atoms with Crippen molar-refractivity contribution < 1.29 is 14.3 Å². The van der Waals surface area contributed by atoms with Gasteiger partial charge >= 0.3 is 5.97 Å². The number of halogens is 1. The van der Waals surface area contributed by atoms with E-state index < -0.39 is 5.38 Å². The Morgan fingerprint density at radius 3 is 3.00 bits per heavy atom. The summed E-state index contributed by atoms with van der Waals surface area (Å²) in [6.45, 7) is 1.35. The predicted octanol–water partition coefficient (Wildman–Crippen LogP) is 1.19. The number of alkyl halides is 1. The van der Waals surface area contributed by atoms with Gasteiger partial charge in [-0.15, -0.1) is 11.6 Å². The van der Waals surface area contributed by atoms with E-state index in [1.54, 1.807) is 0 Å². The lowest BCUT2D eigenvalue weighted by Crippen LogP contribution is -2.31. The van der Waals surface area contributed by atoms with Gasteiger partial charge in [-0.25, -0.2) is 0 Å². The van der Waals surface area contributed by atoms with Crippen LogP contribution < -0.4 is 0 Å². The van der Waals surface area contributed by atoms with Gasteiger partial charge < -0.3 is 9.47 Å². The standard InChI is InChI=1S/C8H13ClO3/c1-11-8(10)7(9)6-3-2-4-12-5-6/h6-7H,2-5H2,1H3. The normalized spacial score (nSPS) is 26.3. The van der Waals surface area contributed by atoms with Crippen molar-refractivity contribution in [2.24, 2.45) is 5.92 Å². The molecule has 1 aliphatic rings. The third kappa shape index (κ3) is 2.35. The predicted molar refractivity (Wildman–Crippen MR) is 45.2 cm³/mol. The molecule has 0 radical (unpaired) electrons. The highest BCUT2D eigenvalue weighted by Gasteiger charge is 2.28. The molecule has 0 spiro atoms. The third-order valence-electron chi connectivity index (χ3n) is 2.04. The number of carbonyl (C=O) groups is 1. The van der Waals surface area contributed by atoms with Crippen molar-refractivity contribution in [2.75, 3.05) is 20.3 Å². The molecule has 1 fully saturated rings.